The molecule has 17 nitrogen and oxygen atoms in total. The summed E-state index contributed by atoms with van der Waals surface area (Å²) < 4.78 is 36.8. The van der Waals surface area contributed by atoms with Crippen LogP contribution in [0.25, 0.3) is 20.9 Å². The van der Waals surface area contributed by atoms with E-state index in [1.165, 1.54) is 0 Å². The molecule has 2 rings (SSSR count). The highest BCUT2D eigenvalue weighted by Crippen LogP contribution is 2.37. The molecule has 40 heavy (non-hydrogen) atoms. The SMILES string of the molecule is CC[C@H]1OC(OC(=N)C(Cl)(Cl)Cl)[C@H](OC(C)=O)[C@@H]1O[C@H]1O[C@@H](CN=[N+]=[N-])[C@@H](OC(C)=O)[C@H](OC(C)=O)[C@H]1N=[N+]=[N-]. The molecule has 0 bridgehead atoms. The molecule has 0 aromatic heterocycles. The first kappa shape index (κ1) is 33.5. The Kier molecular flexibility index (Phi) is 12.3. The van der Waals surface area contributed by atoms with Gasteiger partial charge < -0.3 is 33.2 Å². The molecule has 0 spiro atoms. The largest absolute Gasteiger partial charge is 0.458 e. The second-order valence-corrected chi connectivity index (χ2v) is 10.7. The van der Waals surface area contributed by atoms with Crippen LogP contribution in [0, 0.1) is 5.41 Å². The first-order valence-electron chi connectivity index (χ1n) is 11.6. The monoisotopic (exact) mass is 629 g/mol. The fraction of sp³-hybridized carbons (Fsp3) is 0.800. The molecular formula is C20H26Cl3N7O10. The van der Waals surface area contributed by atoms with Crippen LogP contribution >= 0.6 is 34.8 Å². The van der Waals surface area contributed by atoms with Crippen molar-refractivity contribution in [2.75, 3.05) is 6.54 Å². The Morgan fingerprint density at radius 2 is 1.40 bits per heavy atom. The Hall–Kier alpha value is -2.75. The van der Waals surface area contributed by atoms with E-state index in [1.807, 2.05) is 0 Å². The first-order chi connectivity index (χ1) is 18.7. The second-order valence-electron chi connectivity index (χ2n) is 8.37. The van der Waals surface area contributed by atoms with Crippen molar-refractivity contribution in [1.82, 2.24) is 0 Å². The number of ether oxygens (including phenoxy) is 7. The van der Waals surface area contributed by atoms with Gasteiger partial charge in [0, 0.05) is 30.6 Å². The molecule has 222 valence electrons. The summed E-state index contributed by atoms with van der Waals surface area (Å²) in [7, 11) is 0. The number of alkyl halides is 3. The third-order valence-electron chi connectivity index (χ3n) is 5.48. The molecule has 2 aliphatic rings. The zero-order valence-corrected chi connectivity index (χ0v) is 23.8. The maximum Gasteiger partial charge on any atom is 0.303 e. The fourth-order valence-corrected chi connectivity index (χ4v) is 4.18. The summed E-state index contributed by atoms with van der Waals surface area (Å²) >= 11 is 17.1. The lowest BCUT2D eigenvalue weighted by atomic mass is 9.96. The zero-order valence-electron chi connectivity index (χ0n) is 21.5. The molecule has 2 saturated heterocycles. The van der Waals surface area contributed by atoms with Crippen LogP contribution in [0.4, 0.5) is 0 Å². The highest BCUT2D eigenvalue weighted by atomic mass is 35.6. The average molecular weight is 631 g/mol. The number of hydrogen-bond acceptors (Lipinski definition) is 13. The second kappa shape index (κ2) is 14.8. The minimum atomic E-state index is -2.26. The van der Waals surface area contributed by atoms with E-state index in [0.717, 1.165) is 20.8 Å². The number of carbonyl (C=O) groups excluding carboxylic acids is 3. The van der Waals surface area contributed by atoms with Crippen LogP contribution in [0.3, 0.4) is 0 Å². The van der Waals surface area contributed by atoms with Crippen molar-refractivity contribution >= 4 is 58.6 Å². The van der Waals surface area contributed by atoms with E-state index in [4.69, 9.17) is 78.9 Å². The van der Waals surface area contributed by atoms with Gasteiger partial charge in [0.25, 0.3) is 3.79 Å². The van der Waals surface area contributed by atoms with Gasteiger partial charge in [-0.15, -0.1) is 0 Å². The number of rotatable bonds is 10. The first-order valence-corrected chi connectivity index (χ1v) is 12.7. The predicted molar refractivity (Wildman–Crippen MR) is 135 cm³/mol. The van der Waals surface area contributed by atoms with E-state index in [1.54, 1.807) is 6.92 Å². The molecule has 0 aliphatic carbocycles. The molecule has 20 heteroatoms. The summed E-state index contributed by atoms with van der Waals surface area (Å²) in [6, 6.07) is -1.46. The molecule has 1 N–H and O–H groups in total. The maximum absolute atomic E-state index is 12.0. The van der Waals surface area contributed by atoms with Gasteiger partial charge in [-0.2, -0.15) is 0 Å². The summed E-state index contributed by atoms with van der Waals surface area (Å²) in [4.78, 5) is 41.2. The lowest BCUT2D eigenvalue weighted by molar-refractivity contribution is -0.284. The molecule has 0 saturated carbocycles. The highest BCUT2D eigenvalue weighted by molar-refractivity contribution is 6.76. The van der Waals surface area contributed by atoms with Crippen LogP contribution < -0.4 is 0 Å². The van der Waals surface area contributed by atoms with Gasteiger partial charge in [-0.25, -0.2) is 0 Å². The van der Waals surface area contributed by atoms with E-state index in [9.17, 15) is 19.9 Å². The van der Waals surface area contributed by atoms with Gasteiger partial charge >= 0.3 is 17.9 Å². The average Bonchev–Trinajstić information content (AvgIpc) is 3.15. The van der Waals surface area contributed by atoms with E-state index >= 15 is 0 Å². The Balaban J connectivity index is 2.52. The molecule has 2 heterocycles. The van der Waals surface area contributed by atoms with E-state index in [0.29, 0.717) is 0 Å². The van der Waals surface area contributed by atoms with Gasteiger partial charge in [0.2, 0.25) is 12.2 Å². The van der Waals surface area contributed by atoms with Crippen molar-refractivity contribution in [2.45, 2.75) is 93.2 Å². The number of nitrogens with one attached hydrogen (secondary N) is 1. The third-order valence-corrected chi connectivity index (χ3v) is 6.00. The van der Waals surface area contributed by atoms with Gasteiger partial charge in [-0.05, 0) is 17.5 Å². The van der Waals surface area contributed by atoms with E-state index < -0.39 is 89.4 Å². The molecule has 2 aliphatic heterocycles. The molecule has 2 fully saturated rings. The normalized spacial score (nSPS) is 31.6. The van der Waals surface area contributed by atoms with Crippen LogP contribution in [0.15, 0.2) is 10.2 Å². The minimum absolute atomic E-state index is 0.244. The number of esters is 3. The van der Waals surface area contributed by atoms with E-state index in [2.05, 4.69) is 20.1 Å². The molecule has 9 atom stereocenters. The van der Waals surface area contributed by atoms with Crippen LogP contribution in [0.2, 0.25) is 0 Å². The Bertz CT molecular complexity index is 1070. The Morgan fingerprint density at radius 3 is 1.90 bits per heavy atom. The number of nitrogens with zero attached hydrogens (tertiary/aromatic N) is 6. The number of hydrogen-bond donors (Lipinski definition) is 1. The number of halogens is 3. The summed E-state index contributed by atoms with van der Waals surface area (Å²) in [6.07, 6.45) is -10.3. The van der Waals surface area contributed by atoms with Gasteiger partial charge in [-0.3, -0.25) is 19.8 Å². The van der Waals surface area contributed by atoms with Gasteiger partial charge in [0.05, 0.1) is 12.6 Å². The molecule has 0 radical (unpaired) electrons. The van der Waals surface area contributed by atoms with E-state index in [-0.39, 0.29) is 6.42 Å². The Morgan fingerprint density at radius 1 is 0.850 bits per heavy atom. The van der Waals surface area contributed by atoms with Crippen molar-refractivity contribution in [3.05, 3.63) is 20.9 Å². The lowest BCUT2D eigenvalue weighted by Gasteiger charge is -2.44. The lowest BCUT2D eigenvalue weighted by Crippen LogP contribution is -2.62. The zero-order chi connectivity index (χ0) is 30.2. The van der Waals surface area contributed by atoms with Gasteiger partial charge in [0.1, 0.15) is 18.2 Å². The molecule has 1 unspecified atom stereocenters. The van der Waals surface area contributed by atoms with Crippen molar-refractivity contribution in [1.29, 1.82) is 5.41 Å². The van der Waals surface area contributed by atoms with Gasteiger partial charge in [0.15, 0.2) is 24.6 Å². The minimum Gasteiger partial charge on any atom is -0.458 e. The molecule has 0 amide bonds. The summed E-state index contributed by atoms with van der Waals surface area (Å²) in [5, 5.41) is 15.0. The van der Waals surface area contributed by atoms with Crippen LogP contribution in [-0.2, 0) is 47.5 Å². The van der Waals surface area contributed by atoms with Crippen LogP contribution in [0.1, 0.15) is 34.1 Å². The molecule has 0 aromatic carbocycles. The van der Waals surface area contributed by atoms with Gasteiger partial charge in [-0.1, -0.05) is 52.0 Å². The fourth-order valence-electron chi connectivity index (χ4n) is 4.04. The van der Waals surface area contributed by atoms with Crippen molar-refractivity contribution in [2.24, 2.45) is 10.2 Å². The summed E-state index contributed by atoms with van der Waals surface area (Å²) in [5.74, 6) is -3.23. The van der Waals surface area contributed by atoms with Crippen LogP contribution in [0.5, 0.6) is 0 Å². The standard InChI is InChI=1S/C20H26Cl3N7O10/c1-5-10-13(16(36-9(4)33)18(37-10)40-19(24)20(21,22)23)39-17-12(28-30-26)15(35-8(3)32)14(34-7(2)31)11(38-17)6-27-29-25/h10-18,24H,5-6H2,1-4H3/t10-,11+,12-,13-,14-,15-,16-,17-,18?/m1/s1. The summed E-state index contributed by atoms with van der Waals surface area (Å²) in [5.41, 5.74) is 18.1. The van der Waals surface area contributed by atoms with Crippen molar-refractivity contribution < 1.29 is 47.5 Å². The molecule has 0 aromatic rings. The highest BCUT2D eigenvalue weighted by Gasteiger charge is 2.55. The number of azide groups is 2. The summed E-state index contributed by atoms with van der Waals surface area (Å²) in [6.45, 7) is 4.55. The Labute approximate surface area is 242 Å². The predicted octanol–water partition coefficient (Wildman–Crippen LogP) is 3.38. The van der Waals surface area contributed by atoms with Crippen LogP contribution in [-0.4, -0.2) is 89.4 Å². The molecular weight excluding hydrogens is 605 g/mol. The topological polar surface area (TPSA) is 237 Å². The maximum atomic E-state index is 12.0. The third kappa shape index (κ3) is 8.88. The number of carbonyl (C=O) groups is 3. The van der Waals surface area contributed by atoms with Crippen molar-refractivity contribution in [3.8, 4) is 0 Å². The quantitative estimate of drug-likeness (QED) is 0.0539. The smallest absolute Gasteiger partial charge is 0.303 e. The van der Waals surface area contributed by atoms with Crippen molar-refractivity contribution in [3.63, 3.8) is 0 Å².